The molecule has 0 N–H and O–H groups in total. The summed E-state index contributed by atoms with van der Waals surface area (Å²) in [7, 11) is 0. The highest BCUT2D eigenvalue weighted by atomic mass is 16.6. The largest absolute Gasteiger partial charge is 0.462 e. The van der Waals surface area contributed by atoms with Crippen molar-refractivity contribution in [2.75, 3.05) is 13.2 Å². The zero-order valence-corrected chi connectivity index (χ0v) is 41.8. The van der Waals surface area contributed by atoms with Crippen LogP contribution in [0, 0.1) is 11.8 Å². The van der Waals surface area contributed by atoms with Crippen molar-refractivity contribution in [3.63, 3.8) is 0 Å². The third kappa shape index (κ3) is 49.3. The van der Waals surface area contributed by atoms with Crippen LogP contribution in [0.25, 0.3) is 0 Å². The summed E-state index contributed by atoms with van der Waals surface area (Å²) in [5.74, 6) is 0.829. The topological polar surface area (TPSA) is 78.9 Å². The van der Waals surface area contributed by atoms with Crippen LogP contribution in [-0.4, -0.2) is 37.2 Å². The van der Waals surface area contributed by atoms with E-state index in [9.17, 15) is 14.4 Å². The Morgan fingerprint density at radius 2 is 0.541 bits per heavy atom. The number of ether oxygens (including phenoxy) is 3. The summed E-state index contributed by atoms with van der Waals surface area (Å²) in [5, 5.41) is 0. The third-order valence-corrected chi connectivity index (χ3v) is 12.5. The summed E-state index contributed by atoms with van der Waals surface area (Å²) in [6, 6.07) is 0. The molecule has 0 aliphatic heterocycles. The Hall–Kier alpha value is -1.59. The summed E-state index contributed by atoms with van der Waals surface area (Å²) >= 11 is 0. The van der Waals surface area contributed by atoms with Crippen LogP contribution in [0.1, 0.15) is 304 Å². The molecule has 0 rings (SSSR count). The van der Waals surface area contributed by atoms with Crippen molar-refractivity contribution >= 4 is 17.9 Å². The molecular weight excluding hydrogens is 757 g/mol. The Balaban J connectivity index is 4.27. The Kier molecular flexibility index (Phi) is 46.6. The van der Waals surface area contributed by atoms with E-state index >= 15 is 0 Å². The molecular formula is C55H106O6. The minimum atomic E-state index is -0.761. The summed E-state index contributed by atoms with van der Waals surface area (Å²) in [4.78, 5) is 38.0. The SMILES string of the molecule is CCCCCCCCCCCCCC(=O)OC[C@@H](COC(=O)CCCCCCCCCCCCCCCCCC(C)C)OC(=O)CCCCCCCCCCCCCC(C)C. The minimum absolute atomic E-state index is 0.0632. The first-order chi connectivity index (χ1) is 29.7. The van der Waals surface area contributed by atoms with E-state index in [4.69, 9.17) is 14.2 Å². The molecule has 6 nitrogen and oxygen atoms in total. The molecule has 61 heavy (non-hydrogen) atoms. The predicted octanol–water partition coefficient (Wildman–Crippen LogP) is 17.7. The molecule has 1 atom stereocenters. The molecule has 0 aromatic rings. The lowest BCUT2D eigenvalue weighted by atomic mass is 10.0. The van der Waals surface area contributed by atoms with Gasteiger partial charge in [0.1, 0.15) is 13.2 Å². The first-order valence-electron chi connectivity index (χ1n) is 27.2. The highest BCUT2D eigenvalue weighted by Crippen LogP contribution is 2.18. The van der Waals surface area contributed by atoms with Crippen molar-refractivity contribution in [1.29, 1.82) is 0 Å². The monoisotopic (exact) mass is 863 g/mol. The molecule has 0 aliphatic carbocycles. The maximum Gasteiger partial charge on any atom is 0.306 e. The van der Waals surface area contributed by atoms with E-state index in [-0.39, 0.29) is 31.1 Å². The minimum Gasteiger partial charge on any atom is -0.462 e. The average molecular weight is 863 g/mol. The van der Waals surface area contributed by atoms with E-state index in [0.717, 1.165) is 69.6 Å². The molecule has 0 amide bonds. The second kappa shape index (κ2) is 47.9. The molecule has 0 radical (unpaired) electrons. The second-order valence-corrected chi connectivity index (χ2v) is 19.8. The fraction of sp³-hybridized carbons (Fsp3) is 0.945. The highest BCUT2D eigenvalue weighted by Gasteiger charge is 2.19. The van der Waals surface area contributed by atoms with Crippen LogP contribution in [0.15, 0.2) is 0 Å². The molecule has 0 fully saturated rings. The van der Waals surface area contributed by atoms with E-state index < -0.39 is 6.10 Å². The van der Waals surface area contributed by atoms with E-state index in [2.05, 4.69) is 34.6 Å². The van der Waals surface area contributed by atoms with Crippen molar-refractivity contribution in [3.8, 4) is 0 Å². The second-order valence-electron chi connectivity index (χ2n) is 19.8. The van der Waals surface area contributed by atoms with Gasteiger partial charge in [-0.3, -0.25) is 14.4 Å². The van der Waals surface area contributed by atoms with Crippen LogP contribution in [-0.2, 0) is 28.6 Å². The van der Waals surface area contributed by atoms with Crippen LogP contribution in [0.4, 0.5) is 0 Å². The Morgan fingerprint density at radius 3 is 0.803 bits per heavy atom. The summed E-state index contributed by atoms with van der Waals surface area (Å²) in [5.41, 5.74) is 0. The molecule has 0 saturated heterocycles. The number of carbonyl (C=O) groups excluding carboxylic acids is 3. The molecule has 0 aromatic carbocycles. The quantitative estimate of drug-likeness (QED) is 0.0344. The molecule has 0 bridgehead atoms. The van der Waals surface area contributed by atoms with Crippen LogP contribution in [0.3, 0.4) is 0 Å². The van der Waals surface area contributed by atoms with Gasteiger partial charge in [0.2, 0.25) is 0 Å². The zero-order valence-electron chi connectivity index (χ0n) is 41.8. The van der Waals surface area contributed by atoms with Gasteiger partial charge in [-0.1, -0.05) is 266 Å². The van der Waals surface area contributed by atoms with Gasteiger partial charge in [0.25, 0.3) is 0 Å². The lowest BCUT2D eigenvalue weighted by Crippen LogP contribution is -2.30. The van der Waals surface area contributed by atoms with Crippen molar-refractivity contribution < 1.29 is 28.6 Å². The van der Waals surface area contributed by atoms with E-state index in [1.165, 1.54) is 193 Å². The fourth-order valence-corrected chi connectivity index (χ4v) is 8.34. The fourth-order valence-electron chi connectivity index (χ4n) is 8.34. The number of hydrogen-bond acceptors (Lipinski definition) is 6. The van der Waals surface area contributed by atoms with E-state index in [1.807, 2.05) is 0 Å². The van der Waals surface area contributed by atoms with Gasteiger partial charge in [-0.05, 0) is 31.1 Å². The van der Waals surface area contributed by atoms with Crippen LogP contribution >= 0.6 is 0 Å². The van der Waals surface area contributed by atoms with Gasteiger partial charge in [0.05, 0.1) is 0 Å². The molecule has 0 aliphatic rings. The average Bonchev–Trinajstić information content (AvgIpc) is 3.23. The van der Waals surface area contributed by atoms with Gasteiger partial charge in [-0.15, -0.1) is 0 Å². The molecule has 0 heterocycles. The molecule has 0 aromatic heterocycles. The normalized spacial score (nSPS) is 12.0. The standard InChI is InChI=1S/C55H106O6/c1-6-7-8-9-10-11-18-25-30-35-40-45-53(56)59-48-52(61-55(58)47-42-37-32-27-22-17-20-24-29-34-39-44-51(4)5)49-60-54(57)46-41-36-31-26-21-16-14-12-13-15-19-23-28-33-38-43-50(2)3/h50-52H,6-49H2,1-5H3/t52-/m0/s1. The van der Waals surface area contributed by atoms with Crippen LogP contribution in [0.5, 0.6) is 0 Å². The van der Waals surface area contributed by atoms with Gasteiger partial charge in [0, 0.05) is 19.3 Å². The van der Waals surface area contributed by atoms with Crippen LogP contribution in [0.2, 0.25) is 0 Å². The Bertz CT molecular complexity index is 931. The summed E-state index contributed by atoms with van der Waals surface area (Å²) in [6.45, 7) is 11.4. The molecule has 362 valence electrons. The van der Waals surface area contributed by atoms with Gasteiger partial charge < -0.3 is 14.2 Å². The molecule has 0 spiro atoms. The van der Waals surface area contributed by atoms with E-state index in [1.54, 1.807) is 0 Å². The summed E-state index contributed by atoms with van der Waals surface area (Å²) in [6.07, 6.45) is 49.5. The third-order valence-electron chi connectivity index (χ3n) is 12.5. The van der Waals surface area contributed by atoms with Gasteiger partial charge >= 0.3 is 17.9 Å². The van der Waals surface area contributed by atoms with Crippen molar-refractivity contribution in [3.05, 3.63) is 0 Å². The number of unbranched alkanes of at least 4 members (excludes halogenated alkanes) is 34. The van der Waals surface area contributed by atoms with Gasteiger partial charge in [-0.2, -0.15) is 0 Å². The van der Waals surface area contributed by atoms with E-state index in [0.29, 0.717) is 19.3 Å². The van der Waals surface area contributed by atoms with Crippen molar-refractivity contribution in [1.82, 2.24) is 0 Å². The Labute approximate surface area is 380 Å². The highest BCUT2D eigenvalue weighted by molar-refractivity contribution is 5.71. The zero-order chi connectivity index (χ0) is 44.7. The summed E-state index contributed by atoms with van der Waals surface area (Å²) < 4.78 is 16.8. The maximum absolute atomic E-state index is 12.8. The Morgan fingerprint density at radius 1 is 0.311 bits per heavy atom. The number of rotatable bonds is 49. The first-order valence-corrected chi connectivity index (χ1v) is 27.2. The molecule has 0 saturated carbocycles. The molecule has 6 heteroatoms. The maximum atomic E-state index is 12.8. The first kappa shape index (κ1) is 59.4. The lowest BCUT2D eigenvalue weighted by molar-refractivity contribution is -0.167. The number of hydrogen-bond donors (Lipinski definition) is 0. The molecule has 0 unspecified atom stereocenters. The van der Waals surface area contributed by atoms with Gasteiger partial charge in [-0.25, -0.2) is 0 Å². The van der Waals surface area contributed by atoms with Crippen LogP contribution < -0.4 is 0 Å². The predicted molar refractivity (Wildman–Crippen MR) is 261 cm³/mol. The van der Waals surface area contributed by atoms with Crippen molar-refractivity contribution in [2.45, 2.75) is 310 Å². The lowest BCUT2D eigenvalue weighted by Gasteiger charge is -2.18. The smallest absolute Gasteiger partial charge is 0.306 e. The number of esters is 3. The van der Waals surface area contributed by atoms with Crippen molar-refractivity contribution in [2.24, 2.45) is 11.8 Å². The van der Waals surface area contributed by atoms with Gasteiger partial charge in [0.15, 0.2) is 6.10 Å². The number of carbonyl (C=O) groups is 3.